The molecule has 1 aliphatic heterocycles. The summed E-state index contributed by atoms with van der Waals surface area (Å²) < 4.78 is 27.1. The van der Waals surface area contributed by atoms with E-state index < -0.39 is 0 Å². The smallest absolute Gasteiger partial charge is 0.244 e. The van der Waals surface area contributed by atoms with Crippen LogP contribution in [0.15, 0.2) is 35.0 Å². The maximum atomic E-state index is 5.62. The third-order valence-corrected chi connectivity index (χ3v) is 5.40. The highest BCUT2D eigenvalue weighted by molar-refractivity contribution is 5.54. The van der Waals surface area contributed by atoms with Crippen molar-refractivity contribution in [2.24, 2.45) is 0 Å². The quantitative estimate of drug-likeness (QED) is 0.536. The summed E-state index contributed by atoms with van der Waals surface area (Å²) in [6, 6.07) is 7.63. The lowest BCUT2D eigenvalue weighted by Gasteiger charge is -2.22. The number of benzene rings is 1. The monoisotopic (exact) mass is 426 g/mol. The van der Waals surface area contributed by atoms with Crippen LogP contribution in [0, 0.1) is 0 Å². The normalized spacial score (nSPS) is 16.3. The topological polar surface area (TPSA) is 92.0 Å². The van der Waals surface area contributed by atoms with Gasteiger partial charge in [-0.05, 0) is 43.1 Å². The first kappa shape index (κ1) is 20.9. The Bertz CT molecular complexity index is 996. The number of methoxy groups -OCH3 is 4. The number of pyridine rings is 1. The van der Waals surface area contributed by atoms with Gasteiger partial charge in [-0.25, -0.2) is 4.98 Å². The molecule has 0 radical (unpaired) electrons. The van der Waals surface area contributed by atoms with Crippen LogP contribution in [-0.2, 0) is 6.54 Å². The van der Waals surface area contributed by atoms with E-state index in [1.54, 1.807) is 40.7 Å². The van der Waals surface area contributed by atoms with Crippen molar-refractivity contribution in [2.75, 3.05) is 35.0 Å². The molecule has 0 bridgehead atoms. The summed E-state index contributed by atoms with van der Waals surface area (Å²) in [4.78, 5) is 11.2. The standard InChI is InChI=1S/C22H26N4O5/c1-27-17-10-14(11-18(28-2)20(17)30-4)13-26-9-5-6-16(26)22-24-21(25-31-22)15-7-8-19(29-3)23-12-15/h7-8,10-12,16H,5-6,9,13H2,1-4H3. The Morgan fingerprint density at radius 3 is 2.42 bits per heavy atom. The van der Waals surface area contributed by atoms with Crippen LogP contribution in [0.3, 0.4) is 0 Å². The minimum Gasteiger partial charge on any atom is -0.493 e. The molecule has 1 fully saturated rings. The summed E-state index contributed by atoms with van der Waals surface area (Å²) >= 11 is 0. The minimum atomic E-state index is 0.0477. The zero-order valence-electron chi connectivity index (χ0n) is 18.1. The van der Waals surface area contributed by atoms with Gasteiger partial charge < -0.3 is 23.5 Å². The lowest BCUT2D eigenvalue weighted by molar-refractivity contribution is 0.200. The third-order valence-electron chi connectivity index (χ3n) is 5.40. The van der Waals surface area contributed by atoms with Crippen LogP contribution >= 0.6 is 0 Å². The Morgan fingerprint density at radius 1 is 1.03 bits per heavy atom. The van der Waals surface area contributed by atoms with Gasteiger partial charge in [-0.15, -0.1) is 0 Å². The number of rotatable bonds is 8. The Balaban J connectivity index is 1.54. The second-order valence-corrected chi connectivity index (χ2v) is 7.21. The van der Waals surface area contributed by atoms with Gasteiger partial charge >= 0.3 is 0 Å². The molecule has 3 aromatic rings. The first-order valence-electron chi connectivity index (χ1n) is 10.0. The molecule has 1 aliphatic rings. The van der Waals surface area contributed by atoms with Crippen molar-refractivity contribution in [3.05, 3.63) is 41.9 Å². The van der Waals surface area contributed by atoms with Crippen molar-refractivity contribution in [1.82, 2.24) is 20.0 Å². The summed E-state index contributed by atoms with van der Waals surface area (Å²) in [7, 11) is 6.42. The fourth-order valence-corrected chi connectivity index (χ4v) is 3.88. The Labute approximate surface area is 180 Å². The summed E-state index contributed by atoms with van der Waals surface area (Å²) in [5, 5.41) is 4.16. The van der Waals surface area contributed by atoms with E-state index >= 15 is 0 Å². The Kier molecular flexibility index (Phi) is 6.22. The summed E-state index contributed by atoms with van der Waals surface area (Å²) in [5.74, 6) is 3.53. The largest absolute Gasteiger partial charge is 0.493 e. The highest BCUT2D eigenvalue weighted by atomic mass is 16.5. The van der Waals surface area contributed by atoms with E-state index in [4.69, 9.17) is 23.5 Å². The average Bonchev–Trinajstić information content (AvgIpc) is 3.48. The van der Waals surface area contributed by atoms with Crippen LogP contribution in [0.4, 0.5) is 0 Å². The minimum absolute atomic E-state index is 0.0477. The fourth-order valence-electron chi connectivity index (χ4n) is 3.88. The molecule has 164 valence electrons. The van der Waals surface area contributed by atoms with Crippen molar-refractivity contribution in [1.29, 1.82) is 0 Å². The molecule has 0 amide bonds. The molecule has 1 unspecified atom stereocenters. The molecule has 31 heavy (non-hydrogen) atoms. The molecule has 0 spiro atoms. The van der Waals surface area contributed by atoms with Gasteiger partial charge in [0.15, 0.2) is 11.5 Å². The second kappa shape index (κ2) is 9.22. The van der Waals surface area contributed by atoms with Gasteiger partial charge in [0.25, 0.3) is 0 Å². The zero-order chi connectivity index (χ0) is 21.8. The number of hydrogen-bond acceptors (Lipinski definition) is 9. The van der Waals surface area contributed by atoms with Gasteiger partial charge in [0, 0.05) is 24.4 Å². The lowest BCUT2D eigenvalue weighted by atomic mass is 10.1. The molecule has 1 saturated heterocycles. The molecule has 2 aromatic heterocycles. The average molecular weight is 426 g/mol. The number of ether oxygens (including phenoxy) is 4. The molecule has 0 N–H and O–H groups in total. The predicted molar refractivity (Wildman–Crippen MR) is 113 cm³/mol. The molecule has 1 aromatic carbocycles. The molecule has 9 nitrogen and oxygen atoms in total. The van der Waals surface area contributed by atoms with Gasteiger partial charge in [-0.1, -0.05) is 5.16 Å². The van der Waals surface area contributed by atoms with E-state index in [0.717, 1.165) is 30.5 Å². The number of likely N-dealkylation sites (tertiary alicyclic amines) is 1. The summed E-state index contributed by atoms with van der Waals surface area (Å²) in [6.45, 7) is 1.63. The predicted octanol–water partition coefficient (Wildman–Crippen LogP) is 3.50. The van der Waals surface area contributed by atoms with Crippen molar-refractivity contribution < 1.29 is 23.5 Å². The van der Waals surface area contributed by atoms with Crippen LogP contribution < -0.4 is 18.9 Å². The van der Waals surface area contributed by atoms with Crippen LogP contribution in [0.25, 0.3) is 11.4 Å². The Morgan fingerprint density at radius 2 is 1.81 bits per heavy atom. The van der Waals surface area contributed by atoms with E-state index in [1.807, 2.05) is 18.2 Å². The number of nitrogens with zero attached hydrogens (tertiary/aromatic N) is 4. The molecule has 0 saturated carbocycles. The van der Waals surface area contributed by atoms with Crippen LogP contribution in [0.2, 0.25) is 0 Å². The van der Waals surface area contributed by atoms with Gasteiger partial charge in [0.05, 0.1) is 34.5 Å². The molecular formula is C22H26N4O5. The molecular weight excluding hydrogens is 400 g/mol. The van der Waals surface area contributed by atoms with Crippen LogP contribution in [0.1, 0.15) is 30.3 Å². The lowest BCUT2D eigenvalue weighted by Crippen LogP contribution is -2.23. The van der Waals surface area contributed by atoms with E-state index in [9.17, 15) is 0 Å². The van der Waals surface area contributed by atoms with Gasteiger partial charge in [0.2, 0.25) is 23.3 Å². The van der Waals surface area contributed by atoms with Crippen molar-refractivity contribution in [3.63, 3.8) is 0 Å². The van der Waals surface area contributed by atoms with E-state index in [0.29, 0.717) is 41.4 Å². The van der Waals surface area contributed by atoms with Crippen LogP contribution in [0.5, 0.6) is 23.1 Å². The van der Waals surface area contributed by atoms with Gasteiger partial charge in [-0.3, -0.25) is 4.90 Å². The van der Waals surface area contributed by atoms with E-state index in [1.165, 1.54) is 0 Å². The molecule has 3 heterocycles. The first-order chi connectivity index (χ1) is 15.2. The molecule has 9 heteroatoms. The SMILES string of the molecule is COc1ccc(-c2noc(C3CCCN3Cc3cc(OC)c(OC)c(OC)c3)n2)cn1. The van der Waals surface area contributed by atoms with E-state index in [-0.39, 0.29) is 6.04 Å². The molecule has 1 atom stereocenters. The van der Waals surface area contributed by atoms with Gasteiger partial charge in [-0.2, -0.15) is 4.98 Å². The second-order valence-electron chi connectivity index (χ2n) is 7.21. The molecule has 0 aliphatic carbocycles. The highest BCUT2D eigenvalue weighted by Gasteiger charge is 2.31. The fraction of sp³-hybridized carbons (Fsp3) is 0.409. The maximum absolute atomic E-state index is 5.62. The zero-order valence-corrected chi connectivity index (χ0v) is 18.1. The summed E-state index contributed by atoms with van der Waals surface area (Å²) in [6.07, 6.45) is 3.68. The summed E-state index contributed by atoms with van der Waals surface area (Å²) in [5.41, 5.74) is 1.84. The van der Waals surface area contributed by atoms with Crippen molar-refractivity contribution in [2.45, 2.75) is 25.4 Å². The van der Waals surface area contributed by atoms with E-state index in [2.05, 4.69) is 20.0 Å². The Hall–Kier alpha value is -3.33. The van der Waals surface area contributed by atoms with Crippen molar-refractivity contribution in [3.8, 4) is 34.5 Å². The first-order valence-corrected chi connectivity index (χ1v) is 10.0. The molecule has 4 rings (SSSR count). The van der Waals surface area contributed by atoms with Gasteiger partial charge in [0.1, 0.15) is 0 Å². The highest BCUT2D eigenvalue weighted by Crippen LogP contribution is 2.40. The number of aromatic nitrogens is 3. The third kappa shape index (κ3) is 4.27. The number of hydrogen-bond donors (Lipinski definition) is 0. The maximum Gasteiger partial charge on any atom is 0.244 e. The van der Waals surface area contributed by atoms with Crippen LogP contribution in [-0.4, -0.2) is 55.0 Å². The van der Waals surface area contributed by atoms with Crippen molar-refractivity contribution >= 4 is 0 Å².